The first-order chi connectivity index (χ1) is 19.6. The third kappa shape index (κ3) is 14.3. The number of benzene rings is 2. The molecule has 0 heterocycles. The largest absolute Gasteiger partial charge is 0.508 e. The first-order valence-corrected chi connectivity index (χ1v) is 23.3. The first kappa shape index (κ1) is 36.0. The summed E-state index contributed by atoms with van der Waals surface area (Å²) in [5, 5.41) is 9.66. The van der Waals surface area contributed by atoms with Crippen molar-refractivity contribution < 1.29 is 37.3 Å². The Morgan fingerprint density at radius 2 is 1.48 bits per heavy atom. The molecule has 0 saturated carbocycles. The SMILES string of the molecule is COC(=O)CC(CS(=O)(=O)N(COCC[Si](C)(C)C)COCC[Si](C)(C)C)c1ccc(OCc2cccc(O)c2)cc1. The van der Waals surface area contributed by atoms with E-state index in [4.69, 9.17) is 18.9 Å². The molecule has 0 aliphatic heterocycles. The van der Waals surface area contributed by atoms with E-state index in [9.17, 15) is 18.3 Å². The molecule has 0 radical (unpaired) electrons. The summed E-state index contributed by atoms with van der Waals surface area (Å²) in [4.78, 5) is 12.3. The van der Waals surface area contributed by atoms with Gasteiger partial charge in [-0.3, -0.25) is 4.79 Å². The van der Waals surface area contributed by atoms with Crippen molar-refractivity contribution in [2.24, 2.45) is 0 Å². The van der Waals surface area contributed by atoms with Crippen LogP contribution in [0.15, 0.2) is 48.5 Å². The summed E-state index contributed by atoms with van der Waals surface area (Å²) in [6.45, 7) is 14.5. The van der Waals surface area contributed by atoms with Gasteiger partial charge in [-0.25, -0.2) is 8.42 Å². The van der Waals surface area contributed by atoms with Crippen molar-refractivity contribution in [1.82, 2.24) is 4.31 Å². The molecule has 0 saturated heterocycles. The Hall–Kier alpha value is -2.23. The highest BCUT2D eigenvalue weighted by molar-refractivity contribution is 7.89. The van der Waals surface area contributed by atoms with E-state index in [1.807, 2.05) is 6.07 Å². The van der Waals surface area contributed by atoms with E-state index in [0.29, 0.717) is 24.5 Å². The molecule has 1 N–H and O–H groups in total. The highest BCUT2D eigenvalue weighted by Gasteiger charge is 2.30. The van der Waals surface area contributed by atoms with Crippen LogP contribution in [0.25, 0.3) is 0 Å². The molecule has 0 bridgehead atoms. The molecule has 1 atom stereocenters. The van der Waals surface area contributed by atoms with Crippen molar-refractivity contribution in [3.05, 3.63) is 59.7 Å². The number of rotatable bonds is 19. The van der Waals surface area contributed by atoms with E-state index >= 15 is 0 Å². The molecule has 2 rings (SSSR count). The number of hydrogen-bond acceptors (Lipinski definition) is 8. The second kappa shape index (κ2) is 16.6. The highest BCUT2D eigenvalue weighted by Crippen LogP contribution is 2.27. The Morgan fingerprint density at radius 1 is 0.905 bits per heavy atom. The van der Waals surface area contributed by atoms with Crippen molar-refractivity contribution in [2.75, 3.05) is 39.5 Å². The zero-order valence-electron chi connectivity index (χ0n) is 26.2. The van der Waals surface area contributed by atoms with Crippen LogP contribution in [0.1, 0.15) is 23.5 Å². The maximum Gasteiger partial charge on any atom is 0.306 e. The molecule has 9 nitrogen and oxygen atoms in total. The van der Waals surface area contributed by atoms with E-state index in [1.54, 1.807) is 42.5 Å². The maximum absolute atomic E-state index is 13.7. The number of methoxy groups -OCH3 is 1. The Balaban J connectivity index is 2.17. The van der Waals surface area contributed by atoms with Crippen LogP contribution in [0.4, 0.5) is 0 Å². The number of carbonyl (C=O) groups is 1. The predicted octanol–water partition coefficient (Wildman–Crippen LogP) is 5.87. The molecule has 2 aromatic rings. The van der Waals surface area contributed by atoms with Crippen molar-refractivity contribution in [1.29, 1.82) is 0 Å². The molecule has 0 aromatic heterocycles. The van der Waals surface area contributed by atoms with E-state index < -0.39 is 38.1 Å². The average molecular weight is 640 g/mol. The second-order valence-corrected chi connectivity index (χ2v) is 26.2. The standard InChI is InChI=1S/C30H49NO8SSi2/c1-36-30(33)20-27(26-11-13-29(14-12-26)39-21-25-9-8-10-28(32)19-25)22-40(34,35)31(23-37-15-17-41(2,3)4)24-38-16-18-42(5,6)7/h8-14,19,27,32H,15-18,20-24H2,1-7H3. The second-order valence-electron chi connectivity index (χ2n) is 12.9. The minimum atomic E-state index is -3.87. The Bertz CT molecular complexity index is 1190. The number of phenolic OH excluding ortho intramolecular Hbond substituents is 1. The van der Waals surface area contributed by atoms with Crippen molar-refractivity contribution in [3.8, 4) is 11.5 Å². The molecule has 0 aliphatic rings. The summed E-state index contributed by atoms with van der Waals surface area (Å²) in [5.41, 5.74) is 1.49. The number of sulfonamides is 1. The van der Waals surface area contributed by atoms with Gasteiger partial charge < -0.3 is 24.1 Å². The number of esters is 1. The smallest absolute Gasteiger partial charge is 0.306 e. The fraction of sp³-hybridized carbons (Fsp3) is 0.567. The summed E-state index contributed by atoms with van der Waals surface area (Å²) in [6.07, 6.45) is -0.0972. The predicted molar refractivity (Wildman–Crippen MR) is 172 cm³/mol. The van der Waals surface area contributed by atoms with Crippen molar-refractivity contribution in [2.45, 2.75) is 70.3 Å². The lowest BCUT2D eigenvalue weighted by atomic mass is 9.97. The molecule has 236 valence electrons. The topological polar surface area (TPSA) is 112 Å². The molecule has 0 fully saturated rings. The van der Waals surface area contributed by atoms with Gasteiger partial charge in [0.05, 0.1) is 19.3 Å². The summed E-state index contributed by atoms with van der Waals surface area (Å²) < 4.78 is 51.0. The van der Waals surface area contributed by atoms with Crippen LogP contribution < -0.4 is 4.74 Å². The molecule has 0 amide bonds. The van der Waals surface area contributed by atoms with Crippen LogP contribution in [0.3, 0.4) is 0 Å². The van der Waals surface area contributed by atoms with E-state index in [2.05, 4.69) is 39.3 Å². The molecule has 1 unspecified atom stereocenters. The number of hydrogen-bond donors (Lipinski definition) is 1. The van der Waals surface area contributed by atoms with E-state index in [-0.39, 0.29) is 38.0 Å². The van der Waals surface area contributed by atoms with Gasteiger partial charge >= 0.3 is 5.97 Å². The third-order valence-corrected chi connectivity index (χ3v) is 11.8. The summed E-state index contributed by atoms with van der Waals surface area (Å²) in [7, 11) is -5.27. The normalized spacial score (nSPS) is 13.2. The van der Waals surface area contributed by atoms with Crippen LogP contribution in [-0.2, 0) is 35.6 Å². The van der Waals surface area contributed by atoms with Gasteiger partial charge in [-0.05, 0) is 47.5 Å². The van der Waals surface area contributed by atoms with Crippen molar-refractivity contribution >= 4 is 32.1 Å². The fourth-order valence-corrected chi connectivity index (χ4v) is 6.87. The summed E-state index contributed by atoms with van der Waals surface area (Å²) in [5.74, 6) is -0.705. The third-order valence-electron chi connectivity index (χ3n) is 6.58. The van der Waals surface area contributed by atoms with Crippen LogP contribution in [0.5, 0.6) is 11.5 Å². The molecule has 42 heavy (non-hydrogen) atoms. The minimum Gasteiger partial charge on any atom is -0.508 e. The monoisotopic (exact) mass is 639 g/mol. The molecule has 2 aromatic carbocycles. The molecular weight excluding hydrogens is 591 g/mol. The summed E-state index contributed by atoms with van der Waals surface area (Å²) >= 11 is 0. The number of phenols is 1. The van der Waals surface area contributed by atoms with Gasteiger partial charge in [0.15, 0.2) is 0 Å². The lowest BCUT2D eigenvalue weighted by Crippen LogP contribution is -2.39. The van der Waals surface area contributed by atoms with E-state index in [0.717, 1.165) is 17.7 Å². The number of carbonyl (C=O) groups excluding carboxylic acids is 1. The zero-order chi connectivity index (χ0) is 31.4. The lowest BCUT2D eigenvalue weighted by Gasteiger charge is -2.26. The van der Waals surface area contributed by atoms with Crippen LogP contribution in [0.2, 0.25) is 51.4 Å². The zero-order valence-corrected chi connectivity index (χ0v) is 29.0. The quantitative estimate of drug-likeness (QED) is 0.0879. The Morgan fingerprint density at radius 3 is 1.98 bits per heavy atom. The Labute approximate surface area is 254 Å². The molecular formula is C30H49NO8SSi2. The van der Waals surface area contributed by atoms with Gasteiger partial charge in [0, 0.05) is 35.3 Å². The average Bonchev–Trinajstić information content (AvgIpc) is 2.89. The van der Waals surface area contributed by atoms with Crippen molar-refractivity contribution in [3.63, 3.8) is 0 Å². The van der Waals surface area contributed by atoms with Crippen LogP contribution in [-0.4, -0.2) is 79.5 Å². The van der Waals surface area contributed by atoms with Crippen LogP contribution >= 0.6 is 0 Å². The molecule has 0 spiro atoms. The molecule has 12 heteroatoms. The minimum absolute atomic E-state index is 0.0972. The molecule has 0 aliphatic carbocycles. The lowest BCUT2D eigenvalue weighted by molar-refractivity contribution is -0.140. The first-order valence-electron chi connectivity index (χ1n) is 14.3. The summed E-state index contributed by atoms with van der Waals surface area (Å²) in [6, 6.07) is 15.7. The van der Waals surface area contributed by atoms with Gasteiger partial charge in [0.2, 0.25) is 10.0 Å². The van der Waals surface area contributed by atoms with E-state index in [1.165, 1.54) is 11.4 Å². The van der Waals surface area contributed by atoms with Gasteiger partial charge in [-0.15, -0.1) is 0 Å². The Kier molecular flexibility index (Phi) is 14.2. The number of aromatic hydroxyl groups is 1. The van der Waals surface area contributed by atoms with Gasteiger partial charge in [0.1, 0.15) is 31.6 Å². The van der Waals surface area contributed by atoms with Gasteiger partial charge in [0.25, 0.3) is 0 Å². The highest BCUT2D eigenvalue weighted by atomic mass is 32.2. The van der Waals surface area contributed by atoms with Crippen LogP contribution in [0, 0.1) is 0 Å². The fourth-order valence-electron chi connectivity index (χ4n) is 3.85. The maximum atomic E-state index is 13.7. The number of ether oxygens (including phenoxy) is 4. The van der Waals surface area contributed by atoms with Gasteiger partial charge in [-0.2, -0.15) is 4.31 Å². The number of nitrogens with zero attached hydrogens (tertiary/aromatic N) is 1. The van der Waals surface area contributed by atoms with Gasteiger partial charge in [-0.1, -0.05) is 63.5 Å².